The number of hydrogen-bond acceptors (Lipinski definition) is 9. The van der Waals surface area contributed by atoms with Crippen molar-refractivity contribution in [3.63, 3.8) is 0 Å². The number of hydrogen-bond donors (Lipinski definition) is 2. The maximum atomic E-state index is 10.4. The highest BCUT2D eigenvalue weighted by Gasteiger charge is 2.05. The monoisotopic (exact) mass is 361 g/mol. The number of nitro benzene ring substituents is 1. The standard InChI is InChI=1S/C10H8N4O3.C4H4ClN3/c11-9-5-6-10(13-12-9)17-8-3-1-7(2-4-8)14(15)16;5-3-1-2-4(6)8-7-3/h1-6H,(H2,11,12);1-2H,(H2,6,8). The minimum Gasteiger partial charge on any atom is -0.438 e. The molecule has 0 aliphatic rings. The van der Waals surface area contributed by atoms with Gasteiger partial charge in [0.05, 0.1) is 4.92 Å². The first-order valence-corrected chi connectivity index (χ1v) is 7.08. The molecule has 3 aromatic rings. The summed E-state index contributed by atoms with van der Waals surface area (Å²) in [4.78, 5) is 9.96. The zero-order chi connectivity index (χ0) is 18.2. The molecule has 2 heterocycles. The third-order valence-electron chi connectivity index (χ3n) is 2.58. The van der Waals surface area contributed by atoms with Crippen LogP contribution in [0.2, 0.25) is 5.15 Å². The molecule has 128 valence electrons. The normalized spacial score (nSPS) is 9.64. The Labute approximate surface area is 146 Å². The van der Waals surface area contributed by atoms with Crippen LogP contribution in [-0.4, -0.2) is 25.3 Å². The van der Waals surface area contributed by atoms with Crippen molar-refractivity contribution in [3.05, 3.63) is 63.8 Å². The maximum absolute atomic E-state index is 10.4. The lowest BCUT2D eigenvalue weighted by molar-refractivity contribution is -0.384. The second-order valence-electron chi connectivity index (χ2n) is 4.43. The molecule has 0 aliphatic carbocycles. The number of nitro groups is 1. The predicted octanol–water partition coefficient (Wildman–Crippen LogP) is 2.47. The number of ether oxygens (including phenoxy) is 1. The van der Waals surface area contributed by atoms with Gasteiger partial charge in [-0.3, -0.25) is 10.1 Å². The van der Waals surface area contributed by atoms with Crippen molar-refractivity contribution < 1.29 is 9.66 Å². The van der Waals surface area contributed by atoms with Crippen LogP contribution in [0.1, 0.15) is 0 Å². The van der Waals surface area contributed by atoms with Gasteiger partial charge < -0.3 is 16.2 Å². The minimum absolute atomic E-state index is 0.000685. The summed E-state index contributed by atoms with van der Waals surface area (Å²) in [5.74, 6) is 1.39. The number of nitrogens with two attached hydrogens (primary N) is 2. The smallest absolute Gasteiger partial charge is 0.269 e. The summed E-state index contributed by atoms with van der Waals surface area (Å²) >= 11 is 5.38. The quantitative estimate of drug-likeness (QED) is 0.528. The number of benzene rings is 1. The maximum Gasteiger partial charge on any atom is 0.269 e. The van der Waals surface area contributed by atoms with E-state index in [9.17, 15) is 10.1 Å². The van der Waals surface area contributed by atoms with Gasteiger partial charge in [0.2, 0.25) is 5.88 Å². The number of rotatable bonds is 3. The first-order chi connectivity index (χ1) is 11.9. The average Bonchev–Trinajstić information content (AvgIpc) is 2.61. The molecular weight excluding hydrogens is 350 g/mol. The van der Waals surface area contributed by atoms with E-state index in [2.05, 4.69) is 20.4 Å². The Morgan fingerprint density at radius 1 is 0.880 bits per heavy atom. The molecule has 0 bridgehead atoms. The first-order valence-electron chi connectivity index (χ1n) is 6.70. The molecule has 3 rings (SSSR count). The van der Waals surface area contributed by atoms with Gasteiger partial charge in [0.15, 0.2) is 5.15 Å². The molecule has 0 unspecified atom stereocenters. The highest BCUT2D eigenvalue weighted by molar-refractivity contribution is 6.29. The summed E-state index contributed by atoms with van der Waals surface area (Å²) in [5.41, 5.74) is 10.6. The minimum atomic E-state index is -0.479. The lowest BCUT2D eigenvalue weighted by Crippen LogP contribution is -1.95. The molecule has 0 atom stereocenters. The highest BCUT2D eigenvalue weighted by atomic mass is 35.5. The van der Waals surface area contributed by atoms with Gasteiger partial charge in [-0.2, -0.15) is 0 Å². The predicted molar refractivity (Wildman–Crippen MR) is 91.1 cm³/mol. The number of non-ortho nitro benzene ring substituents is 1. The molecule has 25 heavy (non-hydrogen) atoms. The van der Waals surface area contributed by atoms with Crippen LogP contribution in [0, 0.1) is 10.1 Å². The van der Waals surface area contributed by atoms with Crippen LogP contribution >= 0.6 is 11.6 Å². The van der Waals surface area contributed by atoms with Gasteiger partial charge in [-0.15, -0.1) is 20.4 Å². The van der Waals surface area contributed by atoms with Crippen LogP contribution < -0.4 is 16.2 Å². The van der Waals surface area contributed by atoms with Crippen molar-refractivity contribution in [2.75, 3.05) is 11.5 Å². The summed E-state index contributed by atoms with van der Waals surface area (Å²) in [7, 11) is 0. The topological polar surface area (TPSA) is 156 Å². The number of anilines is 2. The Morgan fingerprint density at radius 2 is 1.48 bits per heavy atom. The van der Waals surface area contributed by atoms with Crippen LogP contribution in [0.15, 0.2) is 48.5 Å². The van der Waals surface area contributed by atoms with E-state index in [1.54, 1.807) is 24.3 Å². The molecule has 11 heteroatoms. The van der Waals surface area contributed by atoms with Gasteiger partial charge in [0.1, 0.15) is 17.4 Å². The first kappa shape index (κ1) is 17.8. The fourth-order valence-corrected chi connectivity index (χ4v) is 1.57. The zero-order valence-corrected chi connectivity index (χ0v) is 13.4. The lowest BCUT2D eigenvalue weighted by Gasteiger charge is -2.03. The molecule has 0 spiro atoms. The molecule has 0 saturated heterocycles. The van der Waals surface area contributed by atoms with Gasteiger partial charge >= 0.3 is 0 Å². The van der Waals surface area contributed by atoms with Gasteiger partial charge in [0, 0.05) is 18.2 Å². The van der Waals surface area contributed by atoms with Crippen LogP contribution in [0.3, 0.4) is 0 Å². The highest BCUT2D eigenvalue weighted by Crippen LogP contribution is 2.21. The second kappa shape index (κ2) is 8.36. The van der Waals surface area contributed by atoms with E-state index in [0.29, 0.717) is 22.5 Å². The molecule has 0 amide bonds. The third kappa shape index (κ3) is 5.88. The van der Waals surface area contributed by atoms with Crippen molar-refractivity contribution in [2.24, 2.45) is 0 Å². The molecule has 0 saturated carbocycles. The molecule has 4 N–H and O–H groups in total. The van der Waals surface area contributed by atoms with E-state index in [0.717, 1.165) is 0 Å². The Morgan fingerprint density at radius 3 is 1.92 bits per heavy atom. The van der Waals surface area contributed by atoms with Gasteiger partial charge in [-0.25, -0.2) is 0 Å². The molecular formula is C14H12ClN7O3. The van der Waals surface area contributed by atoms with Crippen molar-refractivity contribution in [3.8, 4) is 11.6 Å². The summed E-state index contributed by atoms with van der Waals surface area (Å²) in [5, 5.41) is 25.1. The largest absolute Gasteiger partial charge is 0.438 e. The fraction of sp³-hybridized carbons (Fsp3) is 0. The van der Waals surface area contributed by atoms with Crippen molar-refractivity contribution >= 4 is 28.9 Å². The molecule has 0 fully saturated rings. The average molecular weight is 362 g/mol. The lowest BCUT2D eigenvalue weighted by atomic mass is 10.3. The van der Waals surface area contributed by atoms with Crippen molar-refractivity contribution in [2.45, 2.75) is 0 Å². The van der Waals surface area contributed by atoms with Gasteiger partial charge in [-0.1, -0.05) is 11.6 Å². The van der Waals surface area contributed by atoms with E-state index in [1.165, 1.54) is 24.3 Å². The third-order valence-corrected chi connectivity index (χ3v) is 2.78. The van der Waals surface area contributed by atoms with E-state index >= 15 is 0 Å². The number of nitrogens with zero attached hydrogens (tertiary/aromatic N) is 5. The Kier molecular flexibility index (Phi) is 5.96. The molecule has 0 aliphatic heterocycles. The van der Waals surface area contributed by atoms with Gasteiger partial charge in [0.25, 0.3) is 5.69 Å². The fourth-order valence-electron chi connectivity index (χ4n) is 1.47. The van der Waals surface area contributed by atoms with E-state index < -0.39 is 4.92 Å². The summed E-state index contributed by atoms with van der Waals surface area (Å²) in [6, 6.07) is 11.9. The number of nitrogen functional groups attached to an aromatic ring is 2. The SMILES string of the molecule is Nc1ccc(Cl)nn1.Nc1ccc(Oc2ccc([N+](=O)[O-])cc2)nn1. The van der Waals surface area contributed by atoms with E-state index in [-0.39, 0.29) is 11.6 Å². The Hall–Kier alpha value is -3.53. The van der Waals surface area contributed by atoms with Crippen LogP contribution in [0.25, 0.3) is 0 Å². The molecule has 1 aromatic carbocycles. The molecule has 0 radical (unpaired) electrons. The summed E-state index contributed by atoms with van der Waals surface area (Å²) in [6.45, 7) is 0. The van der Waals surface area contributed by atoms with Crippen LogP contribution in [-0.2, 0) is 0 Å². The van der Waals surface area contributed by atoms with E-state index in [4.69, 9.17) is 27.8 Å². The van der Waals surface area contributed by atoms with E-state index in [1.807, 2.05) is 0 Å². The Balaban J connectivity index is 0.000000236. The van der Waals surface area contributed by atoms with Crippen molar-refractivity contribution in [1.29, 1.82) is 0 Å². The van der Waals surface area contributed by atoms with Gasteiger partial charge in [-0.05, 0) is 30.3 Å². The van der Waals surface area contributed by atoms with Crippen LogP contribution in [0.4, 0.5) is 17.3 Å². The number of aromatic nitrogens is 4. The molecule has 10 nitrogen and oxygen atoms in total. The molecule has 2 aromatic heterocycles. The summed E-state index contributed by atoms with van der Waals surface area (Å²) in [6.07, 6.45) is 0. The second-order valence-corrected chi connectivity index (χ2v) is 4.82. The number of halogens is 1. The zero-order valence-electron chi connectivity index (χ0n) is 12.6. The van der Waals surface area contributed by atoms with Crippen molar-refractivity contribution in [1.82, 2.24) is 20.4 Å². The van der Waals surface area contributed by atoms with Crippen LogP contribution in [0.5, 0.6) is 11.6 Å². The summed E-state index contributed by atoms with van der Waals surface area (Å²) < 4.78 is 5.32. The Bertz CT molecular complexity index is 806.